The second-order valence-corrected chi connectivity index (χ2v) is 8.10. The molecule has 0 amide bonds. The van der Waals surface area contributed by atoms with E-state index < -0.39 is 17.6 Å². The third kappa shape index (κ3) is 7.31. The topological polar surface area (TPSA) is 53.4 Å². The Hall–Kier alpha value is -3.36. The van der Waals surface area contributed by atoms with Crippen LogP contribution in [-0.4, -0.2) is 28.7 Å². The van der Waals surface area contributed by atoms with E-state index in [2.05, 4.69) is 4.98 Å². The first-order valence-electron chi connectivity index (χ1n) is 11.5. The number of carbonyl (C=O) groups excluding carboxylic acids is 1. The summed E-state index contributed by atoms with van der Waals surface area (Å²) in [6.45, 7) is 4.59. The molecule has 0 aliphatic rings. The van der Waals surface area contributed by atoms with Crippen LogP contribution in [0.5, 0.6) is 5.75 Å². The minimum Gasteiger partial charge on any atom is -0.493 e. The standard InChI is InChI=1S/C26H28F4N2O3/c1-3-34-24(33)7-5-4-6-14-35-23-13-12-22(27)15-20(23)17-32-18(2)16-31-25(32)19-8-10-21(11-9-19)26(28,29)30/h8-13,15-16H,3-7,14,17H2,1-2H3. The predicted molar refractivity (Wildman–Crippen MR) is 124 cm³/mol. The minimum atomic E-state index is -4.42. The number of benzene rings is 2. The second kappa shape index (κ2) is 11.9. The number of alkyl halides is 3. The van der Waals surface area contributed by atoms with E-state index >= 15 is 0 Å². The molecular formula is C26H28F4N2O3. The average Bonchev–Trinajstić information content (AvgIpc) is 3.17. The van der Waals surface area contributed by atoms with Crippen LogP contribution in [0.4, 0.5) is 17.6 Å². The lowest BCUT2D eigenvalue weighted by atomic mass is 10.1. The smallest absolute Gasteiger partial charge is 0.416 e. The number of halogens is 4. The Bertz CT molecular complexity index is 1120. The SMILES string of the molecule is CCOC(=O)CCCCCOc1ccc(F)cc1Cn1c(C)cnc1-c1ccc(C(F)(F)F)cc1. The molecule has 1 heterocycles. The first kappa shape index (κ1) is 26.2. The van der Waals surface area contributed by atoms with Crippen molar-refractivity contribution in [1.29, 1.82) is 0 Å². The average molecular weight is 493 g/mol. The fourth-order valence-electron chi connectivity index (χ4n) is 3.65. The van der Waals surface area contributed by atoms with E-state index in [-0.39, 0.29) is 12.5 Å². The van der Waals surface area contributed by atoms with Gasteiger partial charge in [-0.2, -0.15) is 13.2 Å². The van der Waals surface area contributed by atoms with Gasteiger partial charge >= 0.3 is 12.1 Å². The highest BCUT2D eigenvalue weighted by Crippen LogP contribution is 2.31. The number of nitrogens with zero attached hydrogens (tertiary/aromatic N) is 2. The Morgan fingerprint density at radius 2 is 1.80 bits per heavy atom. The van der Waals surface area contributed by atoms with Crippen molar-refractivity contribution < 1.29 is 31.8 Å². The third-order valence-electron chi connectivity index (χ3n) is 5.46. The number of hydrogen-bond donors (Lipinski definition) is 0. The Balaban J connectivity index is 1.69. The molecule has 9 heteroatoms. The summed E-state index contributed by atoms with van der Waals surface area (Å²) in [5.41, 5.74) is 1.14. The highest BCUT2D eigenvalue weighted by Gasteiger charge is 2.30. The molecule has 0 saturated heterocycles. The van der Waals surface area contributed by atoms with Gasteiger partial charge in [0.15, 0.2) is 0 Å². The van der Waals surface area contributed by atoms with Crippen molar-refractivity contribution in [2.75, 3.05) is 13.2 Å². The summed E-state index contributed by atoms with van der Waals surface area (Å²) in [5.74, 6) is 0.359. The summed E-state index contributed by atoms with van der Waals surface area (Å²) in [6.07, 6.45) is -0.233. The van der Waals surface area contributed by atoms with Crippen molar-refractivity contribution in [3.05, 3.63) is 71.3 Å². The maximum Gasteiger partial charge on any atom is 0.416 e. The molecule has 0 bridgehead atoms. The van der Waals surface area contributed by atoms with E-state index in [0.717, 1.165) is 30.7 Å². The molecule has 0 spiro atoms. The quantitative estimate of drug-likeness (QED) is 0.173. The van der Waals surface area contributed by atoms with Crippen molar-refractivity contribution in [3.8, 4) is 17.1 Å². The van der Waals surface area contributed by atoms with Crippen molar-refractivity contribution >= 4 is 5.97 Å². The molecule has 0 atom stereocenters. The molecule has 0 N–H and O–H groups in total. The number of hydrogen-bond acceptors (Lipinski definition) is 4. The molecule has 5 nitrogen and oxygen atoms in total. The van der Waals surface area contributed by atoms with Gasteiger partial charge in [-0.25, -0.2) is 9.37 Å². The van der Waals surface area contributed by atoms with Crippen LogP contribution in [0.3, 0.4) is 0 Å². The first-order valence-corrected chi connectivity index (χ1v) is 11.5. The molecule has 0 aliphatic heterocycles. The van der Waals surface area contributed by atoms with Gasteiger partial charge in [0.25, 0.3) is 0 Å². The van der Waals surface area contributed by atoms with E-state index in [9.17, 15) is 22.4 Å². The summed E-state index contributed by atoms with van der Waals surface area (Å²) in [5, 5.41) is 0. The van der Waals surface area contributed by atoms with Crippen LogP contribution >= 0.6 is 0 Å². The van der Waals surface area contributed by atoms with E-state index in [4.69, 9.17) is 9.47 Å². The van der Waals surface area contributed by atoms with Gasteiger partial charge in [-0.15, -0.1) is 0 Å². The van der Waals surface area contributed by atoms with Gasteiger partial charge in [-0.05, 0) is 63.4 Å². The first-order chi connectivity index (χ1) is 16.7. The molecule has 0 saturated carbocycles. The number of rotatable bonds is 11. The van der Waals surface area contributed by atoms with Gasteiger partial charge in [0, 0.05) is 29.4 Å². The molecule has 1 aromatic heterocycles. The number of carbonyl (C=O) groups is 1. The largest absolute Gasteiger partial charge is 0.493 e. The van der Waals surface area contributed by atoms with Gasteiger partial charge in [-0.1, -0.05) is 12.1 Å². The summed E-state index contributed by atoms with van der Waals surface area (Å²) in [4.78, 5) is 15.8. The lowest BCUT2D eigenvalue weighted by Gasteiger charge is -2.15. The van der Waals surface area contributed by atoms with Crippen LogP contribution in [-0.2, 0) is 22.3 Å². The molecule has 188 valence electrons. The summed E-state index contributed by atoms with van der Waals surface area (Å²) in [6, 6.07) is 9.04. The van der Waals surface area contributed by atoms with E-state index in [1.54, 1.807) is 19.2 Å². The molecule has 0 fully saturated rings. The van der Waals surface area contributed by atoms with E-state index in [1.807, 2.05) is 11.5 Å². The Kier molecular flexibility index (Phi) is 8.89. The molecule has 0 radical (unpaired) electrons. The van der Waals surface area contributed by atoms with Crippen LogP contribution < -0.4 is 4.74 Å². The summed E-state index contributed by atoms with van der Waals surface area (Å²) in [7, 11) is 0. The van der Waals surface area contributed by atoms with Gasteiger partial charge in [-0.3, -0.25) is 4.79 Å². The predicted octanol–water partition coefficient (Wildman–Crippen LogP) is 6.57. The zero-order chi connectivity index (χ0) is 25.4. The van der Waals surface area contributed by atoms with E-state index in [1.165, 1.54) is 24.3 Å². The molecule has 35 heavy (non-hydrogen) atoms. The maximum absolute atomic E-state index is 14.1. The van der Waals surface area contributed by atoms with Crippen molar-refractivity contribution in [2.45, 2.75) is 52.3 Å². The maximum atomic E-state index is 14.1. The van der Waals surface area contributed by atoms with Gasteiger partial charge in [0.05, 0.1) is 25.3 Å². The van der Waals surface area contributed by atoms with Gasteiger partial charge in [0.2, 0.25) is 0 Å². The summed E-state index contributed by atoms with van der Waals surface area (Å²) < 4.78 is 65.4. The number of aryl methyl sites for hydroxylation is 1. The van der Waals surface area contributed by atoms with Crippen molar-refractivity contribution in [1.82, 2.24) is 9.55 Å². The number of ether oxygens (including phenoxy) is 2. The molecular weight excluding hydrogens is 464 g/mol. The Labute approximate surface area is 201 Å². The lowest BCUT2D eigenvalue weighted by Crippen LogP contribution is -2.08. The summed E-state index contributed by atoms with van der Waals surface area (Å²) >= 11 is 0. The Morgan fingerprint density at radius 3 is 2.49 bits per heavy atom. The highest BCUT2D eigenvalue weighted by molar-refractivity contribution is 5.69. The van der Waals surface area contributed by atoms with Crippen molar-refractivity contribution in [3.63, 3.8) is 0 Å². The molecule has 3 aromatic rings. The van der Waals surface area contributed by atoms with Crippen LogP contribution in [0, 0.1) is 12.7 Å². The van der Waals surface area contributed by atoms with Crippen molar-refractivity contribution in [2.24, 2.45) is 0 Å². The number of aromatic nitrogens is 2. The highest BCUT2D eigenvalue weighted by atomic mass is 19.4. The minimum absolute atomic E-state index is 0.214. The molecule has 0 aliphatic carbocycles. The normalized spacial score (nSPS) is 11.5. The molecule has 2 aromatic carbocycles. The fraction of sp³-hybridized carbons (Fsp3) is 0.385. The van der Waals surface area contributed by atoms with Crippen LogP contribution in [0.1, 0.15) is 49.4 Å². The van der Waals surface area contributed by atoms with Crippen LogP contribution in [0.15, 0.2) is 48.7 Å². The van der Waals surface area contributed by atoms with Crippen LogP contribution in [0.2, 0.25) is 0 Å². The lowest BCUT2D eigenvalue weighted by molar-refractivity contribution is -0.143. The third-order valence-corrected chi connectivity index (χ3v) is 5.46. The van der Waals surface area contributed by atoms with E-state index in [0.29, 0.717) is 48.8 Å². The van der Waals surface area contributed by atoms with Crippen LogP contribution in [0.25, 0.3) is 11.4 Å². The zero-order valence-electron chi connectivity index (χ0n) is 19.7. The number of unbranched alkanes of at least 4 members (excludes halogenated alkanes) is 2. The monoisotopic (exact) mass is 492 g/mol. The van der Waals surface area contributed by atoms with Gasteiger partial charge < -0.3 is 14.0 Å². The number of esters is 1. The van der Waals surface area contributed by atoms with Gasteiger partial charge in [0.1, 0.15) is 17.4 Å². The number of imidazole rings is 1. The Morgan fingerprint density at radius 1 is 1.06 bits per heavy atom. The second-order valence-electron chi connectivity index (χ2n) is 8.10. The zero-order valence-corrected chi connectivity index (χ0v) is 19.7. The fourth-order valence-corrected chi connectivity index (χ4v) is 3.65. The molecule has 3 rings (SSSR count). The molecule has 0 unspecified atom stereocenters.